The second-order valence-corrected chi connectivity index (χ2v) is 11.1. The molecule has 19 heteroatoms. The first-order valence-corrected chi connectivity index (χ1v) is 14.9. The molecule has 0 aromatic heterocycles. The lowest BCUT2D eigenvalue weighted by Gasteiger charge is -2.26. The van der Waals surface area contributed by atoms with Gasteiger partial charge >= 0.3 is 17.9 Å². The molecule has 0 aliphatic rings. The van der Waals surface area contributed by atoms with Crippen molar-refractivity contribution in [2.24, 2.45) is 33.8 Å². The zero-order chi connectivity index (χ0) is 35.4. The van der Waals surface area contributed by atoms with E-state index in [1.54, 1.807) is 0 Å². The van der Waals surface area contributed by atoms with Gasteiger partial charge in [0.2, 0.25) is 23.6 Å². The molecule has 0 spiro atoms. The van der Waals surface area contributed by atoms with Crippen LogP contribution >= 0.6 is 0 Å². The highest BCUT2D eigenvalue weighted by atomic mass is 16.4. The molecule has 4 amide bonds. The fraction of sp³-hybridized carbons (Fsp3) is 0.704. The van der Waals surface area contributed by atoms with Gasteiger partial charge in [-0.15, -0.1) is 0 Å². The lowest BCUT2D eigenvalue weighted by molar-refractivity contribution is -0.147. The van der Waals surface area contributed by atoms with Crippen LogP contribution in [-0.2, 0) is 33.6 Å². The SMILES string of the molecule is CC(C)C[C@H](N)C(=O)N[C@@H](CCCN=C(N)N)C(=O)N[C@@H](CCCCN)C(=O)N[C@@H](CCC(=O)O)C(=O)N[C@@H](CC(=O)O)C(=O)O. The number of carboxylic acid groups (broad SMARTS) is 3. The Bertz CT molecular complexity index is 1080. The lowest BCUT2D eigenvalue weighted by atomic mass is 10.0. The third-order valence-corrected chi connectivity index (χ3v) is 6.49. The topological polar surface area (TPSA) is 345 Å². The van der Waals surface area contributed by atoms with Gasteiger partial charge < -0.3 is 59.5 Å². The number of hydrogen-bond donors (Lipinski definition) is 11. The summed E-state index contributed by atoms with van der Waals surface area (Å²) in [7, 11) is 0. The van der Waals surface area contributed by atoms with Gasteiger partial charge in [-0.2, -0.15) is 0 Å². The van der Waals surface area contributed by atoms with E-state index in [1.807, 2.05) is 19.2 Å². The van der Waals surface area contributed by atoms with E-state index in [4.69, 9.17) is 33.1 Å². The molecular weight excluding hydrogens is 610 g/mol. The Morgan fingerprint density at radius 2 is 1.15 bits per heavy atom. The minimum atomic E-state index is -1.86. The summed E-state index contributed by atoms with van der Waals surface area (Å²) in [6, 6.07) is -6.84. The number of aliphatic carboxylic acids is 3. The van der Waals surface area contributed by atoms with E-state index in [2.05, 4.69) is 20.9 Å². The molecule has 0 saturated carbocycles. The number of aliphatic imine (C=N–C) groups is 1. The first-order chi connectivity index (χ1) is 21.5. The normalized spacial score (nSPS) is 14.1. The Balaban J connectivity index is 6.08. The zero-order valence-electron chi connectivity index (χ0n) is 26.2. The fourth-order valence-electron chi connectivity index (χ4n) is 4.16. The number of nitrogens with zero attached hydrogens (tertiary/aromatic N) is 1. The van der Waals surface area contributed by atoms with Crippen molar-refractivity contribution >= 4 is 47.5 Å². The second kappa shape index (κ2) is 22.1. The minimum Gasteiger partial charge on any atom is -0.481 e. The number of carbonyl (C=O) groups excluding carboxylic acids is 4. The van der Waals surface area contributed by atoms with Crippen molar-refractivity contribution < 1.29 is 48.9 Å². The van der Waals surface area contributed by atoms with Crippen molar-refractivity contribution in [1.29, 1.82) is 0 Å². The fourth-order valence-corrected chi connectivity index (χ4v) is 4.16. The Morgan fingerprint density at radius 1 is 0.674 bits per heavy atom. The Hall–Kier alpha value is -4.52. The molecule has 0 bridgehead atoms. The van der Waals surface area contributed by atoms with Crippen LogP contribution in [0.5, 0.6) is 0 Å². The number of unbranched alkanes of at least 4 members (excludes halogenated alkanes) is 1. The third-order valence-electron chi connectivity index (χ3n) is 6.49. The molecule has 0 aromatic rings. The van der Waals surface area contributed by atoms with E-state index in [9.17, 15) is 38.7 Å². The average Bonchev–Trinajstić information content (AvgIpc) is 2.94. The van der Waals surface area contributed by atoms with Crippen LogP contribution in [0.25, 0.3) is 0 Å². The van der Waals surface area contributed by atoms with E-state index in [0.717, 1.165) is 0 Å². The van der Waals surface area contributed by atoms with Crippen molar-refractivity contribution in [2.75, 3.05) is 13.1 Å². The van der Waals surface area contributed by atoms with Gasteiger partial charge in [-0.1, -0.05) is 13.8 Å². The van der Waals surface area contributed by atoms with E-state index >= 15 is 0 Å². The number of carboxylic acids is 3. The number of hydrogen-bond acceptors (Lipinski definition) is 10. The van der Waals surface area contributed by atoms with Gasteiger partial charge in [0.05, 0.1) is 12.5 Å². The molecule has 0 fully saturated rings. The highest BCUT2D eigenvalue weighted by molar-refractivity contribution is 5.96. The highest BCUT2D eigenvalue weighted by Gasteiger charge is 2.32. The molecule has 0 rings (SSSR count). The zero-order valence-corrected chi connectivity index (χ0v) is 26.2. The minimum absolute atomic E-state index is 0.0281. The van der Waals surface area contributed by atoms with Crippen molar-refractivity contribution in [2.45, 2.75) is 102 Å². The summed E-state index contributed by atoms with van der Waals surface area (Å²) < 4.78 is 0. The molecule has 262 valence electrons. The van der Waals surface area contributed by atoms with Crippen LogP contribution in [0.15, 0.2) is 4.99 Å². The number of nitrogens with two attached hydrogens (primary N) is 4. The van der Waals surface area contributed by atoms with Gasteiger partial charge in [0.1, 0.15) is 24.2 Å². The lowest BCUT2D eigenvalue weighted by Crippen LogP contribution is -2.58. The van der Waals surface area contributed by atoms with E-state index in [-0.39, 0.29) is 44.2 Å². The van der Waals surface area contributed by atoms with E-state index < -0.39 is 91.0 Å². The molecule has 15 N–H and O–H groups in total. The summed E-state index contributed by atoms with van der Waals surface area (Å²) in [5.41, 5.74) is 22.2. The highest BCUT2D eigenvalue weighted by Crippen LogP contribution is 2.09. The largest absolute Gasteiger partial charge is 0.481 e. The number of rotatable bonds is 24. The van der Waals surface area contributed by atoms with Crippen molar-refractivity contribution in [3.63, 3.8) is 0 Å². The molecule has 0 radical (unpaired) electrons. The third kappa shape index (κ3) is 18.3. The molecule has 0 aromatic carbocycles. The molecule has 46 heavy (non-hydrogen) atoms. The molecule has 19 nitrogen and oxygen atoms in total. The Labute approximate surface area is 266 Å². The van der Waals surface area contributed by atoms with Crippen LogP contribution < -0.4 is 44.2 Å². The monoisotopic (exact) mass is 659 g/mol. The van der Waals surface area contributed by atoms with Gasteiger partial charge in [-0.3, -0.25) is 33.8 Å². The summed E-state index contributed by atoms with van der Waals surface area (Å²) in [6.07, 6.45) is -0.569. The van der Waals surface area contributed by atoms with E-state index in [1.165, 1.54) is 0 Å². The van der Waals surface area contributed by atoms with Crippen LogP contribution in [-0.4, -0.2) is 106 Å². The van der Waals surface area contributed by atoms with Gasteiger partial charge in [0, 0.05) is 13.0 Å². The molecule has 0 saturated heterocycles. The van der Waals surface area contributed by atoms with Crippen molar-refractivity contribution in [3.05, 3.63) is 0 Å². The van der Waals surface area contributed by atoms with Gasteiger partial charge in [0.15, 0.2) is 5.96 Å². The molecule has 5 atom stereocenters. The number of carbonyl (C=O) groups is 7. The quantitative estimate of drug-likeness (QED) is 0.0278. The first-order valence-electron chi connectivity index (χ1n) is 14.9. The molecule has 0 aliphatic heterocycles. The standard InChI is InChI=1S/C27H49N9O10/c1-14(2)12-15(29)22(41)33-17(7-5-11-32-27(30)31)24(43)34-16(6-3-4-10-28)23(42)35-18(8-9-20(37)38)25(44)36-19(26(45)46)13-21(39)40/h14-19H,3-13,28-29H2,1-2H3,(H,33,41)(H,34,43)(H,35,42)(H,36,44)(H,37,38)(H,39,40)(H,45,46)(H4,30,31,32)/t15-,16-,17-,18-,19-/m0/s1. The Kier molecular flexibility index (Phi) is 19.9. The maximum Gasteiger partial charge on any atom is 0.326 e. The van der Waals surface area contributed by atoms with Gasteiger partial charge in [0.25, 0.3) is 0 Å². The van der Waals surface area contributed by atoms with Crippen LogP contribution in [0.1, 0.15) is 71.6 Å². The first kappa shape index (κ1) is 41.5. The maximum absolute atomic E-state index is 13.4. The average molecular weight is 660 g/mol. The predicted octanol–water partition coefficient (Wildman–Crippen LogP) is -3.09. The van der Waals surface area contributed by atoms with Gasteiger partial charge in [-0.25, -0.2) is 4.79 Å². The van der Waals surface area contributed by atoms with Gasteiger partial charge in [-0.05, 0) is 57.4 Å². The number of nitrogens with one attached hydrogen (secondary N) is 4. The van der Waals surface area contributed by atoms with E-state index in [0.29, 0.717) is 19.3 Å². The number of amides is 4. The summed E-state index contributed by atoms with van der Waals surface area (Å²) in [5.74, 6) is -8.00. The summed E-state index contributed by atoms with van der Waals surface area (Å²) in [5, 5.41) is 36.8. The predicted molar refractivity (Wildman–Crippen MR) is 165 cm³/mol. The molecular formula is C27H49N9O10. The van der Waals surface area contributed by atoms with Crippen LogP contribution in [0.3, 0.4) is 0 Å². The van der Waals surface area contributed by atoms with Crippen LogP contribution in [0.4, 0.5) is 0 Å². The summed E-state index contributed by atoms with van der Waals surface area (Å²) >= 11 is 0. The van der Waals surface area contributed by atoms with Crippen molar-refractivity contribution in [3.8, 4) is 0 Å². The molecule has 0 heterocycles. The van der Waals surface area contributed by atoms with Crippen LogP contribution in [0.2, 0.25) is 0 Å². The van der Waals surface area contributed by atoms with Crippen molar-refractivity contribution in [1.82, 2.24) is 21.3 Å². The molecule has 0 unspecified atom stereocenters. The smallest absolute Gasteiger partial charge is 0.326 e. The second-order valence-electron chi connectivity index (χ2n) is 11.1. The van der Waals surface area contributed by atoms with Crippen LogP contribution in [0, 0.1) is 5.92 Å². The number of guanidine groups is 1. The summed E-state index contributed by atoms with van der Waals surface area (Å²) in [4.78, 5) is 90.0. The summed E-state index contributed by atoms with van der Waals surface area (Å²) in [6.45, 7) is 4.15. The Morgan fingerprint density at radius 3 is 1.59 bits per heavy atom. The molecule has 0 aliphatic carbocycles. The maximum atomic E-state index is 13.4.